The molecule has 1 aromatic carbocycles. The Morgan fingerprint density at radius 3 is 2.78 bits per heavy atom. The molecule has 2 aromatic rings. The molecule has 0 bridgehead atoms. The monoisotopic (exact) mass is 329 g/mol. The van der Waals surface area contributed by atoms with Gasteiger partial charge in [0.2, 0.25) is 5.95 Å². The second kappa shape index (κ2) is 7.12. The first-order valence-electron chi connectivity index (χ1n) is 6.53. The van der Waals surface area contributed by atoms with Crippen LogP contribution in [0.1, 0.15) is 5.56 Å². The Morgan fingerprint density at radius 2 is 2.13 bits per heavy atom. The maximum absolute atomic E-state index is 12.8. The molecule has 1 heterocycles. The fourth-order valence-corrected chi connectivity index (χ4v) is 1.75. The summed E-state index contributed by atoms with van der Waals surface area (Å²) in [5.74, 6) is -0.123. The van der Waals surface area contributed by atoms with E-state index in [2.05, 4.69) is 26.7 Å². The smallest absolute Gasteiger partial charge is 0.421 e. The molecular formula is C14H13F4N4O. The van der Waals surface area contributed by atoms with Gasteiger partial charge in [-0.2, -0.15) is 18.2 Å². The van der Waals surface area contributed by atoms with Gasteiger partial charge >= 0.3 is 6.18 Å². The standard InChI is InChI=1S/C14H13F4N4O/c1-19-12-9(14(16,17)18)8-20-13(22-12)21-10-4-2-3-5-11(10)23-7-6-15/h2,4-5,8H,6-7H2,1H3,(H2,19,20,21,22). The minimum absolute atomic E-state index is 0.0568. The number of hydrogen-bond donors (Lipinski definition) is 2. The van der Waals surface area contributed by atoms with Gasteiger partial charge in [0.05, 0.1) is 5.69 Å². The Hall–Kier alpha value is -2.58. The van der Waals surface area contributed by atoms with Crippen LogP contribution in [0.3, 0.4) is 0 Å². The molecule has 0 aliphatic carbocycles. The maximum Gasteiger partial charge on any atom is 0.421 e. The minimum atomic E-state index is -4.56. The summed E-state index contributed by atoms with van der Waals surface area (Å²) in [6, 6.07) is 7.36. The molecule has 1 radical (unpaired) electrons. The number of nitrogens with one attached hydrogen (secondary N) is 2. The third-order valence-electron chi connectivity index (χ3n) is 2.74. The summed E-state index contributed by atoms with van der Waals surface area (Å²) >= 11 is 0. The second-order valence-corrected chi connectivity index (χ2v) is 4.29. The molecule has 0 amide bonds. The van der Waals surface area contributed by atoms with Crippen molar-refractivity contribution in [2.24, 2.45) is 0 Å². The minimum Gasteiger partial charge on any atom is -0.489 e. The van der Waals surface area contributed by atoms with Crippen molar-refractivity contribution in [1.29, 1.82) is 0 Å². The van der Waals surface area contributed by atoms with Gasteiger partial charge in [0.1, 0.15) is 30.4 Å². The van der Waals surface area contributed by atoms with Crippen LogP contribution in [0, 0.1) is 6.07 Å². The Morgan fingerprint density at radius 1 is 1.35 bits per heavy atom. The van der Waals surface area contributed by atoms with Crippen LogP contribution >= 0.6 is 0 Å². The predicted molar refractivity (Wildman–Crippen MR) is 76.6 cm³/mol. The van der Waals surface area contributed by atoms with E-state index in [-0.39, 0.29) is 18.4 Å². The quantitative estimate of drug-likeness (QED) is 0.795. The van der Waals surface area contributed by atoms with Crippen LogP contribution in [0.2, 0.25) is 0 Å². The fourth-order valence-electron chi connectivity index (χ4n) is 1.75. The number of benzene rings is 1. The van der Waals surface area contributed by atoms with Gasteiger partial charge < -0.3 is 15.4 Å². The lowest BCUT2D eigenvalue weighted by Gasteiger charge is -2.14. The molecule has 0 fully saturated rings. The van der Waals surface area contributed by atoms with E-state index in [1.165, 1.54) is 13.1 Å². The highest BCUT2D eigenvalue weighted by Gasteiger charge is 2.35. The van der Waals surface area contributed by atoms with Crippen molar-refractivity contribution in [2.45, 2.75) is 6.18 Å². The van der Waals surface area contributed by atoms with E-state index >= 15 is 0 Å². The number of halogens is 4. The zero-order valence-corrected chi connectivity index (χ0v) is 12.0. The van der Waals surface area contributed by atoms with Gasteiger partial charge in [-0.15, -0.1) is 0 Å². The Kier molecular flexibility index (Phi) is 5.20. The molecule has 0 spiro atoms. The average molecular weight is 329 g/mol. The lowest BCUT2D eigenvalue weighted by molar-refractivity contribution is -0.137. The molecule has 0 atom stereocenters. The first kappa shape index (κ1) is 16.8. The van der Waals surface area contributed by atoms with Crippen molar-refractivity contribution in [3.8, 4) is 5.75 Å². The summed E-state index contributed by atoms with van der Waals surface area (Å²) < 4.78 is 55.8. The lowest BCUT2D eigenvalue weighted by Crippen LogP contribution is -2.12. The number of ether oxygens (including phenoxy) is 1. The van der Waals surface area contributed by atoms with E-state index in [1.807, 2.05) is 0 Å². The Balaban J connectivity index is 2.27. The van der Waals surface area contributed by atoms with E-state index in [0.29, 0.717) is 17.6 Å². The van der Waals surface area contributed by atoms with E-state index in [9.17, 15) is 17.6 Å². The Bertz CT molecular complexity index is 663. The molecule has 0 saturated heterocycles. The van der Waals surface area contributed by atoms with Crippen LogP contribution in [0.5, 0.6) is 5.75 Å². The van der Waals surface area contributed by atoms with Gasteiger partial charge in [-0.25, -0.2) is 9.37 Å². The third kappa shape index (κ3) is 4.21. The fraction of sp³-hybridized carbons (Fsp3) is 0.286. The highest BCUT2D eigenvalue weighted by molar-refractivity contribution is 5.63. The van der Waals surface area contributed by atoms with Crippen molar-refractivity contribution in [3.05, 3.63) is 36.0 Å². The molecule has 0 saturated carbocycles. The maximum atomic E-state index is 12.8. The molecule has 23 heavy (non-hydrogen) atoms. The van der Waals surface area contributed by atoms with Gasteiger partial charge in [-0.3, -0.25) is 0 Å². The summed E-state index contributed by atoms with van der Waals surface area (Å²) in [4.78, 5) is 7.43. The summed E-state index contributed by atoms with van der Waals surface area (Å²) in [5, 5.41) is 5.12. The number of aromatic nitrogens is 2. The van der Waals surface area contributed by atoms with Crippen LogP contribution in [0.25, 0.3) is 0 Å². The molecule has 0 aliphatic heterocycles. The van der Waals surface area contributed by atoms with Gasteiger partial charge in [-0.1, -0.05) is 6.07 Å². The van der Waals surface area contributed by atoms with Crippen molar-refractivity contribution >= 4 is 17.5 Å². The highest BCUT2D eigenvalue weighted by atomic mass is 19.4. The predicted octanol–water partition coefficient (Wildman–Crippen LogP) is 3.43. The number of anilines is 3. The van der Waals surface area contributed by atoms with Crippen LogP contribution in [-0.2, 0) is 6.18 Å². The van der Waals surface area contributed by atoms with E-state index in [4.69, 9.17) is 4.74 Å². The number of rotatable bonds is 6. The summed E-state index contributed by atoms with van der Waals surface area (Å²) in [7, 11) is 1.33. The number of alkyl halides is 4. The molecule has 0 unspecified atom stereocenters. The largest absolute Gasteiger partial charge is 0.489 e. The molecule has 9 heteroatoms. The zero-order valence-electron chi connectivity index (χ0n) is 12.0. The average Bonchev–Trinajstić information content (AvgIpc) is 2.53. The van der Waals surface area contributed by atoms with Crippen LogP contribution < -0.4 is 15.4 Å². The molecule has 2 rings (SSSR count). The second-order valence-electron chi connectivity index (χ2n) is 4.29. The summed E-state index contributed by atoms with van der Waals surface area (Å²) in [5.41, 5.74) is -0.583. The normalized spacial score (nSPS) is 11.2. The summed E-state index contributed by atoms with van der Waals surface area (Å²) in [6.07, 6.45) is -3.88. The van der Waals surface area contributed by atoms with Crippen molar-refractivity contribution < 1.29 is 22.3 Å². The van der Waals surface area contributed by atoms with Gasteiger partial charge in [0.25, 0.3) is 0 Å². The first-order chi connectivity index (χ1) is 11.0. The molecule has 123 valence electrons. The van der Waals surface area contributed by atoms with Gasteiger partial charge in [-0.05, 0) is 18.2 Å². The van der Waals surface area contributed by atoms with Crippen LogP contribution in [0.4, 0.5) is 35.0 Å². The van der Waals surface area contributed by atoms with Crippen LogP contribution in [-0.4, -0.2) is 30.3 Å². The Labute approximate surface area is 129 Å². The molecule has 0 aliphatic rings. The SMILES string of the molecule is CNc1nc(Nc2cc[c]cc2OCCF)ncc1C(F)(F)F. The molecule has 1 aromatic heterocycles. The van der Waals surface area contributed by atoms with Crippen molar-refractivity contribution in [2.75, 3.05) is 31.0 Å². The van der Waals surface area contributed by atoms with Crippen LogP contribution in [0.15, 0.2) is 24.4 Å². The molecule has 5 nitrogen and oxygen atoms in total. The van der Waals surface area contributed by atoms with Crippen molar-refractivity contribution in [1.82, 2.24) is 9.97 Å². The van der Waals surface area contributed by atoms with Crippen molar-refractivity contribution in [3.63, 3.8) is 0 Å². The van der Waals surface area contributed by atoms with Gasteiger partial charge in [0, 0.05) is 13.2 Å². The van der Waals surface area contributed by atoms with E-state index in [1.54, 1.807) is 12.1 Å². The topological polar surface area (TPSA) is 59.1 Å². The molecule has 2 N–H and O–H groups in total. The third-order valence-corrected chi connectivity index (χ3v) is 2.74. The lowest BCUT2D eigenvalue weighted by atomic mass is 10.3. The van der Waals surface area contributed by atoms with E-state index < -0.39 is 18.4 Å². The summed E-state index contributed by atoms with van der Waals surface area (Å²) in [6.45, 7) is -0.822. The van der Waals surface area contributed by atoms with Gasteiger partial charge in [0.15, 0.2) is 0 Å². The first-order valence-corrected chi connectivity index (χ1v) is 6.53. The highest BCUT2D eigenvalue weighted by Crippen LogP contribution is 2.34. The number of nitrogens with zero attached hydrogens (tertiary/aromatic N) is 2. The zero-order chi connectivity index (χ0) is 16.9. The molecular weight excluding hydrogens is 316 g/mol. The van der Waals surface area contributed by atoms with E-state index in [0.717, 1.165) is 0 Å². The number of hydrogen-bond acceptors (Lipinski definition) is 5.